The van der Waals surface area contributed by atoms with Gasteiger partial charge in [-0.15, -0.1) is 0 Å². The molecule has 1 rings (SSSR count). The van der Waals surface area contributed by atoms with E-state index in [4.69, 9.17) is 32.2 Å². The van der Waals surface area contributed by atoms with Gasteiger partial charge in [0.1, 0.15) is 5.73 Å². The van der Waals surface area contributed by atoms with Crippen molar-refractivity contribution in [1.82, 2.24) is 0 Å². The molecule has 4 atom stereocenters. The fourth-order valence-corrected chi connectivity index (χ4v) is 4.72. The molecule has 23 heavy (non-hydrogen) atoms. The van der Waals surface area contributed by atoms with Crippen LogP contribution in [-0.2, 0) is 32.2 Å². The highest BCUT2D eigenvalue weighted by molar-refractivity contribution is 6.62. The van der Waals surface area contributed by atoms with Crippen LogP contribution in [0.5, 0.6) is 0 Å². The van der Waals surface area contributed by atoms with Crippen LogP contribution >= 0.6 is 0 Å². The average Bonchev–Trinajstić information content (AvgIpc) is 2.96. The van der Waals surface area contributed by atoms with Crippen molar-refractivity contribution in [1.29, 1.82) is 0 Å². The maximum atomic E-state index is 6.12. The van der Waals surface area contributed by atoms with Gasteiger partial charge < -0.3 is 27.5 Å². The standard InChI is InChI=1S/C15H32O7Si/c1-8-13(22-15(10-3)19-11-12(4)21-15)20-14(9-2)23(16-5,17-6)18-7/h12-14H,8-11H2,1-7H3. The molecule has 0 aromatic carbocycles. The number of rotatable bonds is 11. The molecule has 0 aliphatic carbocycles. The zero-order valence-electron chi connectivity index (χ0n) is 15.4. The predicted molar refractivity (Wildman–Crippen MR) is 86.6 cm³/mol. The third-order valence-electron chi connectivity index (χ3n) is 3.93. The lowest BCUT2D eigenvalue weighted by atomic mass is 10.4. The second kappa shape index (κ2) is 9.43. The van der Waals surface area contributed by atoms with Crippen LogP contribution in [0.25, 0.3) is 0 Å². The maximum absolute atomic E-state index is 6.12. The second-order valence-electron chi connectivity index (χ2n) is 5.48. The molecule has 8 heteroatoms. The van der Waals surface area contributed by atoms with E-state index in [2.05, 4.69) is 0 Å². The number of ether oxygens (including phenoxy) is 4. The van der Waals surface area contributed by atoms with E-state index >= 15 is 0 Å². The van der Waals surface area contributed by atoms with E-state index in [0.29, 0.717) is 25.9 Å². The van der Waals surface area contributed by atoms with Crippen LogP contribution in [0, 0.1) is 0 Å². The largest absolute Gasteiger partial charge is 0.530 e. The van der Waals surface area contributed by atoms with Crippen LogP contribution in [0.3, 0.4) is 0 Å². The summed E-state index contributed by atoms with van der Waals surface area (Å²) in [5.41, 5.74) is -0.333. The van der Waals surface area contributed by atoms with Crippen molar-refractivity contribution >= 4 is 8.80 Å². The Kier molecular flexibility index (Phi) is 8.60. The summed E-state index contributed by atoms with van der Waals surface area (Å²) in [7, 11) is 1.81. The number of hydrogen-bond acceptors (Lipinski definition) is 7. The van der Waals surface area contributed by atoms with E-state index in [9.17, 15) is 0 Å². The Morgan fingerprint density at radius 1 is 1.09 bits per heavy atom. The summed E-state index contributed by atoms with van der Waals surface area (Å²) in [5, 5.41) is 0. The molecule has 1 aliphatic rings. The van der Waals surface area contributed by atoms with E-state index in [0.717, 1.165) is 0 Å². The summed E-state index contributed by atoms with van der Waals surface area (Å²) >= 11 is 0. The Hall–Kier alpha value is -0.0631. The van der Waals surface area contributed by atoms with Crippen molar-refractivity contribution in [3.05, 3.63) is 0 Å². The zero-order chi connectivity index (χ0) is 17.5. The molecule has 0 aromatic rings. The smallest absolute Gasteiger partial charge is 0.375 e. The van der Waals surface area contributed by atoms with Crippen molar-refractivity contribution < 1.29 is 32.2 Å². The van der Waals surface area contributed by atoms with Gasteiger partial charge in [0.2, 0.25) is 0 Å². The molecule has 0 aromatic heterocycles. The quantitative estimate of drug-likeness (QED) is 0.418. The van der Waals surface area contributed by atoms with Crippen LogP contribution in [0.2, 0.25) is 0 Å². The van der Waals surface area contributed by atoms with Crippen LogP contribution in [0.4, 0.5) is 0 Å². The molecule has 0 bridgehead atoms. The van der Waals surface area contributed by atoms with Crippen LogP contribution < -0.4 is 0 Å². The maximum Gasteiger partial charge on any atom is 0.530 e. The third-order valence-corrected chi connectivity index (χ3v) is 6.97. The van der Waals surface area contributed by atoms with Gasteiger partial charge in [0.05, 0.1) is 12.7 Å². The van der Waals surface area contributed by atoms with Crippen molar-refractivity contribution in [3.8, 4) is 0 Å². The molecule has 0 N–H and O–H groups in total. The molecule has 1 saturated heterocycles. The molecule has 4 unspecified atom stereocenters. The first-order valence-electron chi connectivity index (χ1n) is 8.25. The first-order valence-corrected chi connectivity index (χ1v) is 10.0. The van der Waals surface area contributed by atoms with Gasteiger partial charge in [-0.25, -0.2) is 0 Å². The fourth-order valence-electron chi connectivity index (χ4n) is 2.61. The highest BCUT2D eigenvalue weighted by atomic mass is 28.4. The third kappa shape index (κ3) is 4.96. The van der Waals surface area contributed by atoms with Crippen molar-refractivity contribution in [2.75, 3.05) is 27.9 Å². The van der Waals surface area contributed by atoms with Gasteiger partial charge in [-0.05, 0) is 19.8 Å². The minimum Gasteiger partial charge on any atom is -0.375 e. The Labute approximate surface area is 140 Å². The van der Waals surface area contributed by atoms with E-state index < -0.39 is 21.1 Å². The normalized spacial score (nSPS) is 28.0. The van der Waals surface area contributed by atoms with Gasteiger partial charge in [-0.3, -0.25) is 4.74 Å². The Bertz CT molecular complexity index is 332. The minimum atomic E-state index is -2.91. The van der Waals surface area contributed by atoms with Crippen LogP contribution in [0.15, 0.2) is 0 Å². The lowest BCUT2D eigenvalue weighted by Gasteiger charge is -2.36. The second-order valence-corrected chi connectivity index (χ2v) is 8.56. The molecule has 0 radical (unpaired) electrons. The Balaban J connectivity index is 2.80. The SMILES string of the molecule is CCC(OC(CC)[Si](OC)(OC)OC)OC1(CC)OCC(C)O1. The van der Waals surface area contributed by atoms with E-state index in [1.54, 1.807) is 21.3 Å². The van der Waals surface area contributed by atoms with Gasteiger partial charge in [0.15, 0.2) is 6.29 Å². The number of hydrogen-bond donors (Lipinski definition) is 0. The monoisotopic (exact) mass is 352 g/mol. The summed E-state index contributed by atoms with van der Waals surface area (Å²) < 4.78 is 40.2. The van der Waals surface area contributed by atoms with Crippen LogP contribution in [-0.4, -0.2) is 60.8 Å². The molecule has 1 aliphatic heterocycles. The van der Waals surface area contributed by atoms with Crippen molar-refractivity contribution in [2.45, 2.75) is 71.1 Å². The molecule has 0 spiro atoms. The highest BCUT2D eigenvalue weighted by Gasteiger charge is 2.50. The van der Waals surface area contributed by atoms with Gasteiger partial charge in [-0.1, -0.05) is 20.8 Å². The van der Waals surface area contributed by atoms with E-state index in [1.807, 2.05) is 27.7 Å². The minimum absolute atomic E-state index is 0.000167. The molecule has 138 valence electrons. The average molecular weight is 353 g/mol. The van der Waals surface area contributed by atoms with Gasteiger partial charge in [0, 0.05) is 27.8 Å². The Morgan fingerprint density at radius 2 is 1.70 bits per heavy atom. The molecule has 1 heterocycles. The zero-order valence-corrected chi connectivity index (χ0v) is 16.4. The summed E-state index contributed by atoms with van der Waals surface area (Å²) in [6, 6.07) is 0. The predicted octanol–water partition coefficient (Wildman–Crippen LogP) is 2.45. The first kappa shape index (κ1) is 21.0. The summed E-state index contributed by atoms with van der Waals surface area (Å²) in [6.07, 6.45) is 1.40. The highest BCUT2D eigenvalue weighted by Crippen LogP contribution is 2.31. The van der Waals surface area contributed by atoms with Crippen molar-refractivity contribution in [2.24, 2.45) is 0 Å². The van der Waals surface area contributed by atoms with Crippen molar-refractivity contribution in [3.63, 3.8) is 0 Å². The summed E-state index contributed by atoms with van der Waals surface area (Å²) in [4.78, 5) is 0. The van der Waals surface area contributed by atoms with Gasteiger partial charge in [0.25, 0.3) is 5.97 Å². The first-order chi connectivity index (χ1) is 10.9. The lowest BCUT2D eigenvalue weighted by molar-refractivity contribution is -0.389. The topological polar surface area (TPSA) is 64.6 Å². The van der Waals surface area contributed by atoms with E-state index in [1.165, 1.54) is 0 Å². The van der Waals surface area contributed by atoms with E-state index in [-0.39, 0.29) is 11.8 Å². The summed E-state index contributed by atoms with van der Waals surface area (Å²) in [6.45, 7) is 8.40. The van der Waals surface area contributed by atoms with Gasteiger partial charge >= 0.3 is 8.80 Å². The fraction of sp³-hybridized carbons (Fsp3) is 1.00. The lowest BCUT2D eigenvalue weighted by Crippen LogP contribution is -2.57. The van der Waals surface area contributed by atoms with Crippen LogP contribution in [0.1, 0.15) is 47.0 Å². The molecular formula is C15H32O7Si. The molecule has 1 fully saturated rings. The molecule has 0 amide bonds. The molecule has 7 nitrogen and oxygen atoms in total. The molecule has 0 saturated carbocycles. The Morgan fingerprint density at radius 3 is 2.04 bits per heavy atom. The summed E-state index contributed by atoms with van der Waals surface area (Å²) in [5.74, 6) is -1.05. The van der Waals surface area contributed by atoms with Gasteiger partial charge in [-0.2, -0.15) is 0 Å². The molecular weight excluding hydrogens is 320 g/mol.